The molecule has 1 atom stereocenters. The Kier molecular flexibility index (Phi) is 7.95. The number of hydrogen-bond donors (Lipinski definition) is 0. The van der Waals surface area contributed by atoms with E-state index < -0.39 is 0 Å². The van der Waals surface area contributed by atoms with Crippen molar-refractivity contribution in [2.24, 2.45) is 11.8 Å². The molecule has 26 heavy (non-hydrogen) atoms. The van der Waals surface area contributed by atoms with Crippen molar-refractivity contribution >= 4 is 29.2 Å². The highest BCUT2D eigenvalue weighted by Crippen LogP contribution is 2.22. The molecule has 1 aromatic carbocycles. The molecule has 0 fully saturated rings. The van der Waals surface area contributed by atoms with Gasteiger partial charge in [-0.25, -0.2) is 4.98 Å². The first-order chi connectivity index (χ1) is 12.5. The maximum Gasteiger partial charge on any atom is 0.309 e. The number of benzene rings is 1. The molecule has 0 saturated heterocycles. The van der Waals surface area contributed by atoms with E-state index >= 15 is 0 Å². The van der Waals surface area contributed by atoms with Crippen molar-refractivity contribution in [2.45, 2.75) is 26.9 Å². The minimum Gasteiger partial charge on any atom is -0.459 e. The molecule has 138 valence electrons. The first kappa shape index (κ1) is 20.3. The maximum atomic E-state index is 12.3. The van der Waals surface area contributed by atoms with E-state index in [9.17, 15) is 4.79 Å². The number of rotatable bonds is 8. The van der Waals surface area contributed by atoms with Crippen LogP contribution in [-0.4, -0.2) is 11.0 Å². The highest BCUT2D eigenvalue weighted by atomic mass is 35.5. The van der Waals surface area contributed by atoms with Gasteiger partial charge in [-0.1, -0.05) is 67.4 Å². The molecule has 4 nitrogen and oxygen atoms in total. The van der Waals surface area contributed by atoms with Crippen LogP contribution in [0.15, 0.2) is 59.1 Å². The molecule has 1 unspecified atom stereocenters. The van der Waals surface area contributed by atoms with Crippen LogP contribution in [0.3, 0.4) is 0 Å². The van der Waals surface area contributed by atoms with Gasteiger partial charge in [-0.2, -0.15) is 0 Å². The van der Waals surface area contributed by atoms with Crippen LogP contribution in [0.25, 0.3) is 0 Å². The van der Waals surface area contributed by atoms with Gasteiger partial charge in [0.1, 0.15) is 16.8 Å². The monoisotopic (exact) mass is 393 g/mol. The summed E-state index contributed by atoms with van der Waals surface area (Å²) in [7, 11) is 0. The second kappa shape index (κ2) is 10.2. The Morgan fingerprint density at radius 3 is 2.50 bits per heavy atom. The zero-order valence-electron chi connectivity index (χ0n) is 14.7. The molecule has 0 aliphatic carbocycles. The van der Waals surface area contributed by atoms with Crippen LogP contribution in [0.2, 0.25) is 0 Å². The van der Waals surface area contributed by atoms with E-state index in [1.807, 2.05) is 50.2 Å². The quantitative estimate of drug-likeness (QED) is 0.523. The smallest absolute Gasteiger partial charge is 0.309 e. The molecule has 1 heterocycles. The summed E-state index contributed by atoms with van der Waals surface area (Å²) in [5, 5.41) is 0. The minimum absolute atomic E-state index is 0.0758. The van der Waals surface area contributed by atoms with Crippen LogP contribution in [0.5, 0.6) is 11.6 Å². The lowest BCUT2D eigenvalue weighted by Gasteiger charge is -2.17. The third kappa shape index (κ3) is 6.70. The number of ether oxygens (including phenoxy) is 2. The van der Waals surface area contributed by atoms with E-state index in [2.05, 4.69) is 4.98 Å². The Hall–Kier alpha value is -2.04. The van der Waals surface area contributed by atoms with E-state index in [4.69, 9.17) is 32.7 Å². The third-order valence-electron chi connectivity index (χ3n) is 3.74. The lowest BCUT2D eigenvalue weighted by molar-refractivity contribution is -0.151. The average molecular weight is 394 g/mol. The van der Waals surface area contributed by atoms with Gasteiger partial charge >= 0.3 is 5.97 Å². The number of aromatic nitrogens is 1. The third-order valence-corrected chi connectivity index (χ3v) is 4.05. The number of pyridine rings is 1. The van der Waals surface area contributed by atoms with E-state index in [-0.39, 0.29) is 28.9 Å². The standard InChI is InChI=1S/C20H21Cl2NO3/c1-14(2)17(11-12-18(21)22)20(24)25-13-15-7-6-10-19(23-15)26-16-8-4-3-5-9-16/h3-10,12,14,17H,11,13H2,1-2H3. The van der Waals surface area contributed by atoms with Crippen molar-refractivity contribution in [3.05, 3.63) is 64.8 Å². The molecular formula is C20H21Cl2NO3. The van der Waals surface area contributed by atoms with E-state index in [1.165, 1.54) is 0 Å². The summed E-state index contributed by atoms with van der Waals surface area (Å²) in [6.07, 6.45) is 2.05. The normalized spacial score (nSPS) is 11.7. The molecule has 0 saturated carbocycles. The second-order valence-electron chi connectivity index (χ2n) is 6.07. The molecule has 0 bridgehead atoms. The van der Waals surface area contributed by atoms with Crippen LogP contribution in [-0.2, 0) is 16.1 Å². The summed E-state index contributed by atoms with van der Waals surface area (Å²) in [5.41, 5.74) is 0.611. The average Bonchev–Trinajstić information content (AvgIpc) is 2.61. The molecule has 2 aromatic rings. The molecule has 0 aliphatic rings. The zero-order chi connectivity index (χ0) is 18.9. The van der Waals surface area contributed by atoms with Crippen LogP contribution < -0.4 is 4.74 Å². The van der Waals surface area contributed by atoms with Gasteiger partial charge in [0, 0.05) is 6.07 Å². The number of allylic oxidation sites excluding steroid dienone is 1. The topological polar surface area (TPSA) is 48.4 Å². The van der Waals surface area contributed by atoms with Crippen LogP contribution in [0.4, 0.5) is 0 Å². The molecule has 0 N–H and O–H groups in total. The van der Waals surface area contributed by atoms with Crippen molar-refractivity contribution in [3.63, 3.8) is 0 Å². The highest BCUT2D eigenvalue weighted by molar-refractivity contribution is 6.55. The first-order valence-corrected chi connectivity index (χ1v) is 9.08. The molecule has 0 radical (unpaired) electrons. The van der Waals surface area contributed by atoms with Gasteiger partial charge in [0.05, 0.1) is 11.6 Å². The Labute approximate surface area is 163 Å². The van der Waals surface area contributed by atoms with Gasteiger partial charge in [-0.15, -0.1) is 0 Å². The van der Waals surface area contributed by atoms with E-state index in [1.54, 1.807) is 18.2 Å². The molecular weight excluding hydrogens is 373 g/mol. The van der Waals surface area contributed by atoms with E-state index in [0.29, 0.717) is 23.7 Å². The molecule has 6 heteroatoms. The zero-order valence-corrected chi connectivity index (χ0v) is 16.2. The summed E-state index contributed by atoms with van der Waals surface area (Å²) in [5.74, 6) is 0.626. The fraction of sp³-hybridized carbons (Fsp3) is 0.300. The summed E-state index contributed by atoms with van der Waals surface area (Å²) in [6.45, 7) is 3.98. The van der Waals surface area contributed by atoms with Gasteiger partial charge in [0.25, 0.3) is 0 Å². The van der Waals surface area contributed by atoms with Gasteiger partial charge in [0.2, 0.25) is 5.88 Å². The number of nitrogens with zero attached hydrogens (tertiary/aromatic N) is 1. The summed E-state index contributed by atoms with van der Waals surface area (Å²) >= 11 is 11.3. The van der Waals surface area contributed by atoms with Crippen molar-refractivity contribution in [1.29, 1.82) is 0 Å². The Morgan fingerprint density at radius 2 is 1.85 bits per heavy atom. The van der Waals surface area contributed by atoms with Gasteiger partial charge in [0.15, 0.2) is 0 Å². The minimum atomic E-state index is -0.314. The summed E-state index contributed by atoms with van der Waals surface area (Å²) in [6, 6.07) is 14.7. The van der Waals surface area contributed by atoms with Crippen molar-refractivity contribution in [1.82, 2.24) is 4.98 Å². The Balaban J connectivity index is 1.96. The van der Waals surface area contributed by atoms with Crippen molar-refractivity contribution in [2.75, 3.05) is 0 Å². The second-order valence-corrected chi connectivity index (χ2v) is 7.08. The molecule has 1 aromatic heterocycles. The largest absolute Gasteiger partial charge is 0.459 e. The SMILES string of the molecule is CC(C)C(CC=C(Cl)Cl)C(=O)OCc1cccc(Oc2ccccc2)n1. The molecule has 0 spiro atoms. The molecule has 0 amide bonds. The van der Waals surface area contributed by atoms with Crippen LogP contribution >= 0.6 is 23.2 Å². The predicted molar refractivity (Wildman–Crippen MR) is 103 cm³/mol. The van der Waals surface area contributed by atoms with Crippen molar-refractivity contribution in [3.8, 4) is 11.6 Å². The van der Waals surface area contributed by atoms with Crippen LogP contribution in [0.1, 0.15) is 26.0 Å². The fourth-order valence-electron chi connectivity index (χ4n) is 2.31. The lowest BCUT2D eigenvalue weighted by atomic mass is 9.93. The Bertz CT molecular complexity index is 744. The first-order valence-electron chi connectivity index (χ1n) is 8.32. The Morgan fingerprint density at radius 1 is 1.12 bits per heavy atom. The number of carbonyl (C=O) groups excluding carboxylic acids is 1. The van der Waals surface area contributed by atoms with Gasteiger partial charge < -0.3 is 9.47 Å². The molecule has 0 aliphatic heterocycles. The molecule has 2 rings (SSSR count). The lowest BCUT2D eigenvalue weighted by Crippen LogP contribution is -2.22. The number of esters is 1. The highest BCUT2D eigenvalue weighted by Gasteiger charge is 2.23. The van der Waals surface area contributed by atoms with Crippen LogP contribution in [0, 0.1) is 11.8 Å². The number of halogens is 2. The van der Waals surface area contributed by atoms with Gasteiger partial charge in [-0.3, -0.25) is 4.79 Å². The summed E-state index contributed by atoms with van der Waals surface area (Å²) in [4.78, 5) is 16.7. The number of hydrogen-bond acceptors (Lipinski definition) is 4. The maximum absolute atomic E-state index is 12.3. The van der Waals surface area contributed by atoms with E-state index in [0.717, 1.165) is 0 Å². The number of carbonyl (C=O) groups is 1. The summed E-state index contributed by atoms with van der Waals surface area (Å²) < 4.78 is 11.3. The van der Waals surface area contributed by atoms with Gasteiger partial charge in [-0.05, 0) is 30.5 Å². The fourth-order valence-corrected chi connectivity index (χ4v) is 2.49. The van der Waals surface area contributed by atoms with Crippen molar-refractivity contribution < 1.29 is 14.3 Å². The predicted octanol–water partition coefficient (Wildman–Crippen LogP) is 5.90. The number of para-hydroxylation sites is 1.